The average Bonchev–Trinajstić information content (AvgIpc) is 2.65. The standard InChI is InChI=1S/C22H42O6S.Na/c1-3-5-7-14-17-21(28-29(24,25)26)18-15-12-10-8-9-11-13-16-19-22(23)27-20-6-4-2;/h12,15,21H,3-11,13-14,16-20H2,1-2H3,(H,24,25,26);/q;+1/p-1/b15-12-;/t21-;/m1./s1. The van der Waals surface area contributed by atoms with E-state index in [1.54, 1.807) is 0 Å². The second-order valence-corrected chi connectivity index (χ2v) is 8.57. The van der Waals surface area contributed by atoms with Crippen LogP contribution in [0.15, 0.2) is 12.2 Å². The number of esters is 1. The van der Waals surface area contributed by atoms with E-state index in [1.807, 2.05) is 12.2 Å². The van der Waals surface area contributed by atoms with Gasteiger partial charge in [-0.1, -0.05) is 77.4 Å². The minimum Gasteiger partial charge on any atom is -0.726 e. The Morgan fingerprint density at radius 2 is 1.53 bits per heavy atom. The maximum absolute atomic E-state index is 11.5. The van der Waals surface area contributed by atoms with Gasteiger partial charge in [-0.15, -0.1) is 0 Å². The smallest absolute Gasteiger partial charge is 0.726 e. The maximum atomic E-state index is 11.5. The van der Waals surface area contributed by atoms with Gasteiger partial charge < -0.3 is 9.29 Å². The van der Waals surface area contributed by atoms with Crippen molar-refractivity contribution in [1.29, 1.82) is 0 Å². The summed E-state index contributed by atoms with van der Waals surface area (Å²) in [5.41, 5.74) is 0. The molecule has 8 heteroatoms. The Bertz CT molecular complexity index is 522. The maximum Gasteiger partial charge on any atom is 1.00 e. The molecule has 0 aromatic heterocycles. The molecule has 0 aliphatic rings. The van der Waals surface area contributed by atoms with Crippen molar-refractivity contribution in [3.05, 3.63) is 12.2 Å². The first-order chi connectivity index (χ1) is 13.9. The Morgan fingerprint density at radius 3 is 2.20 bits per heavy atom. The van der Waals surface area contributed by atoms with Gasteiger partial charge in [0, 0.05) is 6.42 Å². The van der Waals surface area contributed by atoms with E-state index in [0.717, 1.165) is 77.0 Å². The molecular formula is C22H41NaO6S. The van der Waals surface area contributed by atoms with E-state index in [2.05, 4.69) is 18.0 Å². The summed E-state index contributed by atoms with van der Waals surface area (Å²) >= 11 is 0. The molecule has 0 radical (unpaired) electrons. The average molecular weight is 457 g/mol. The van der Waals surface area contributed by atoms with Crippen molar-refractivity contribution in [2.75, 3.05) is 6.61 Å². The molecule has 0 saturated heterocycles. The molecule has 30 heavy (non-hydrogen) atoms. The zero-order valence-corrected chi connectivity index (χ0v) is 22.2. The van der Waals surface area contributed by atoms with Crippen LogP contribution in [0.25, 0.3) is 0 Å². The summed E-state index contributed by atoms with van der Waals surface area (Å²) in [6, 6.07) is 0. The first kappa shape index (κ1) is 32.3. The predicted octanol–water partition coefficient (Wildman–Crippen LogP) is 2.83. The zero-order chi connectivity index (χ0) is 21.8. The van der Waals surface area contributed by atoms with Crippen molar-refractivity contribution in [3.8, 4) is 0 Å². The summed E-state index contributed by atoms with van der Waals surface area (Å²) in [5, 5.41) is 0. The molecule has 0 aromatic rings. The number of rotatable bonds is 20. The minimum atomic E-state index is -4.66. The second kappa shape index (κ2) is 22.3. The molecule has 0 aromatic carbocycles. The molecule has 0 unspecified atom stereocenters. The predicted molar refractivity (Wildman–Crippen MR) is 115 cm³/mol. The molecule has 0 bridgehead atoms. The quantitative estimate of drug-likeness (QED) is 0.0698. The van der Waals surface area contributed by atoms with Crippen LogP contribution in [0.3, 0.4) is 0 Å². The Labute approximate surface area is 206 Å². The summed E-state index contributed by atoms with van der Waals surface area (Å²) < 4.78 is 42.4. The Kier molecular flexibility index (Phi) is 24.0. The largest absolute Gasteiger partial charge is 1.00 e. The first-order valence-corrected chi connectivity index (χ1v) is 12.7. The third-order valence-electron chi connectivity index (χ3n) is 4.71. The number of hydrogen-bond donors (Lipinski definition) is 0. The normalized spacial score (nSPS) is 12.6. The number of allylic oxidation sites excluding steroid dienone is 1. The van der Waals surface area contributed by atoms with E-state index in [9.17, 15) is 17.8 Å². The fraction of sp³-hybridized carbons (Fsp3) is 0.864. The van der Waals surface area contributed by atoms with Gasteiger partial charge in [0.25, 0.3) is 0 Å². The molecule has 0 spiro atoms. The van der Waals surface area contributed by atoms with Crippen LogP contribution in [0.1, 0.15) is 110 Å². The molecule has 1 atom stereocenters. The van der Waals surface area contributed by atoms with E-state index in [1.165, 1.54) is 0 Å². The molecule has 0 rings (SSSR count). The summed E-state index contributed by atoms with van der Waals surface area (Å²) in [4.78, 5) is 11.5. The van der Waals surface area contributed by atoms with Gasteiger partial charge in [-0.25, -0.2) is 8.42 Å². The van der Waals surface area contributed by atoms with Crippen molar-refractivity contribution in [2.45, 2.75) is 116 Å². The summed E-state index contributed by atoms with van der Waals surface area (Å²) in [7, 11) is -4.66. The van der Waals surface area contributed by atoms with Crippen LogP contribution in [0.5, 0.6) is 0 Å². The van der Waals surface area contributed by atoms with Crippen LogP contribution in [-0.4, -0.2) is 31.7 Å². The molecule has 6 nitrogen and oxygen atoms in total. The second-order valence-electron chi connectivity index (χ2n) is 7.56. The van der Waals surface area contributed by atoms with Crippen LogP contribution >= 0.6 is 0 Å². The number of hydrogen-bond acceptors (Lipinski definition) is 6. The Hall–Kier alpha value is 0.0800. The van der Waals surface area contributed by atoms with Gasteiger partial charge in [0.1, 0.15) is 0 Å². The van der Waals surface area contributed by atoms with Gasteiger partial charge in [-0.2, -0.15) is 0 Å². The topological polar surface area (TPSA) is 92.7 Å². The van der Waals surface area contributed by atoms with Crippen molar-refractivity contribution in [1.82, 2.24) is 0 Å². The third-order valence-corrected chi connectivity index (χ3v) is 5.22. The van der Waals surface area contributed by atoms with E-state index in [4.69, 9.17) is 4.74 Å². The summed E-state index contributed by atoms with van der Waals surface area (Å²) in [6.07, 6.45) is 17.1. The molecule has 0 amide bonds. The number of unbranched alkanes of at least 4 members (excludes halogenated alkanes) is 9. The van der Waals surface area contributed by atoms with Gasteiger partial charge in [0.2, 0.25) is 10.4 Å². The Balaban J connectivity index is 0. The molecule has 172 valence electrons. The Morgan fingerprint density at radius 1 is 0.900 bits per heavy atom. The van der Waals surface area contributed by atoms with E-state index in [-0.39, 0.29) is 35.5 Å². The molecular weight excluding hydrogens is 415 g/mol. The molecule has 0 aliphatic heterocycles. The molecule has 0 aliphatic carbocycles. The summed E-state index contributed by atoms with van der Waals surface area (Å²) in [6.45, 7) is 4.72. The minimum absolute atomic E-state index is 0. The number of carbonyl (C=O) groups is 1. The van der Waals surface area contributed by atoms with Crippen molar-refractivity contribution in [2.24, 2.45) is 0 Å². The van der Waals surface area contributed by atoms with Gasteiger partial charge in [0.05, 0.1) is 12.7 Å². The molecule has 0 heterocycles. The number of carbonyl (C=O) groups excluding carboxylic acids is 1. The first-order valence-electron chi connectivity index (χ1n) is 11.3. The monoisotopic (exact) mass is 456 g/mol. The van der Waals surface area contributed by atoms with Crippen molar-refractivity contribution in [3.63, 3.8) is 0 Å². The van der Waals surface area contributed by atoms with Crippen molar-refractivity contribution < 1.29 is 56.2 Å². The van der Waals surface area contributed by atoms with Crippen LogP contribution < -0.4 is 29.6 Å². The van der Waals surface area contributed by atoms with Crippen LogP contribution in [-0.2, 0) is 24.1 Å². The summed E-state index contributed by atoms with van der Waals surface area (Å²) in [5.74, 6) is -0.0899. The van der Waals surface area contributed by atoms with E-state index < -0.39 is 16.5 Å². The SMILES string of the molecule is CCCCCC[C@H](C/C=C\CCCCCCCC(=O)OCCCC)OS(=O)(=O)[O-].[Na+]. The van der Waals surface area contributed by atoms with E-state index >= 15 is 0 Å². The van der Waals surface area contributed by atoms with E-state index in [0.29, 0.717) is 25.9 Å². The van der Waals surface area contributed by atoms with Crippen LogP contribution in [0, 0.1) is 0 Å². The van der Waals surface area contributed by atoms with Gasteiger partial charge >= 0.3 is 35.5 Å². The molecule has 0 saturated carbocycles. The fourth-order valence-electron chi connectivity index (χ4n) is 3.00. The van der Waals surface area contributed by atoms with Gasteiger partial charge in [0.15, 0.2) is 0 Å². The number of ether oxygens (including phenoxy) is 1. The third kappa shape index (κ3) is 24.4. The van der Waals surface area contributed by atoms with Crippen LogP contribution in [0.2, 0.25) is 0 Å². The zero-order valence-electron chi connectivity index (χ0n) is 19.4. The van der Waals surface area contributed by atoms with Crippen LogP contribution in [0.4, 0.5) is 0 Å². The van der Waals surface area contributed by atoms with Crippen molar-refractivity contribution >= 4 is 16.4 Å². The van der Waals surface area contributed by atoms with Gasteiger partial charge in [-0.3, -0.25) is 8.98 Å². The molecule has 0 N–H and O–H groups in total. The fourth-order valence-corrected chi connectivity index (χ4v) is 3.51. The van der Waals surface area contributed by atoms with Gasteiger partial charge in [-0.05, 0) is 38.5 Å². The molecule has 0 fully saturated rings.